The summed E-state index contributed by atoms with van der Waals surface area (Å²) >= 11 is 0. The maximum atomic E-state index is 10.4. The number of rotatable bonds is 6. The van der Waals surface area contributed by atoms with E-state index >= 15 is 0 Å². The summed E-state index contributed by atoms with van der Waals surface area (Å²) in [6.07, 6.45) is 9.00. The second kappa shape index (κ2) is 6.69. The lowest BCUT2D eigenvalue weighted by molar-refractivity contribution is -0.0950. The molecule has 0 aliphatic carbocycles. The topological polar surface area (TPSA) is 32.7 Å². The molecule has 1 aliphatic rings. The van der Waals surface area contributed by atoms with Crippen molar-refractivity contribution in [2.75, 3.05) is 13.2 Å². The van der Waals surface area contributed by atoms with Crippen molar-refractivity contribution in [2.45, 2.75) is 90.0 Å². The summed E-state index contributed by atoms with van der Waals surface area (Å²) in [7, 11) is 0. The van der Waals surface area contributed by atoms with Gasteiger partial charge in [-0.1, -0.05) is 0 Å². The molecule has 0 aromatic rings. The van der Waals surface area contributed by atoms with E-state index in [1.54, 1.807) is 0 Å². The van der Waals surface area contributed by atoms with Gasteiger partial charge in [-0.3, -0.25) is 4.90 Å². The van der Waals surface area contributed by atoms with Crippen molar-refractivity contribution in [1.82, 2.24) is 4.90 Å². The van der Waals surface area contributed by atoms with Crippen LogP contribution in [0.1, 0.15) is 67.2 Å². The van der Waals surface area contributed by atoms with E-state index in [0.29, 0.717) is 19.6 Å². The fourth-order valence-electron chi connectivity index (χ4n) is 3.42. The number of ether oxygens (including phenoxy) is 1. The maximum Gasteiger partial charge on any atom is 0.0900 e. The molecule has 0 aromatic carbocycles. The van der Waals surface area contributed by atoms with E-state index in [0.717, 1.165) is 0 Å². The van der Waals surface area contributed by atoms with Crippen molar-refractivity contribution < 1.29 is 9.84 Å². The maximum absolute atomic E-state index is 10.4. The zero-order chi connectivity index (χ0) is 16.3. The molecule has 1 heterocycles. The molecular weight excluding hydrogens is 262 g/mol. The standard InChI is InChI=1S/C18H33NO2/c1-8-10-18(6,7)21-14-15(20)13-19-16(2,3)11-9-12-17(19,4)5/h1,15,20H,9-14H2,2-7H3/t15-/m1/s1. The molecular formula is C18H33NO2. The van der Waals surface area contributed by atoms with Gasteiger partial charge in [-0.25, -0.2) is 0 Å². The van der Waals surface area contributed by atoms with Crippen LogP contribution >= 0.6 is 0 Å². The van der Waals surface area contributed by atoms with Crippen molar-refractivity contribution in [1.29, 1.82) is 0 Å². The van der Waals surface area contributed by atoms with Gasteiger partial charge >= 0.3 is 0 Å². The number of hydrogen-bond donors (Lipinski definition) is 1. The minimum atomic E-state index is -0.487. The largest absolute Gasteiger partial charge is 0.389 e. The molecule has 0 radical (unpaired) electrons. The van der Waals surface area contributed by atoms with Gasteiger partial charge in [0.05, 0.1) is 18.3 Å². The number of aliphatic hydroxyl groups is 1. The summed E-state index contributed by atoms with van der Waals surface area (Å²) in [6.45, 7) is 14.0. The Labute approximate surface area is 131 Å². The highest BCUT2D eigenvalue weighted by molar-refractivity contribution is 4.98. The van der Waals surface area contributed by atoms with Gasteiger partial charge < -0.3 is 9.84 Å². The predicted molar refractivity (Wildman–Crippen MR) is 88.2 cm³/mol. The summed E-state index contributed by atoms with van der Waals surface area (Å²) in [6, 6.07) is 0. The monoisotopic (exact) mass is 295 g/mol. The van der Waals surface area contributed by atoms with Gasteiger partial charge in [-0.15, -0.1) is 12.3 Å². The molecule has 122 valence electrons. The van der Waals surface area contributed by atoms with Gasteiger partial charge in [0.25, 0.3) is 0 Å². The van der Waals surface area contributed by atoms with Gasteiger partial charge in [-0.2, -0.15) is 0 Å². The van der Waals surface area contributed by atoms with Crippen LogP contribution < -0.4 is 0 Å². The quantitative estimate of drug-likeness (QED) is 0.764. The Morgan fingerprint density at radius 3 is 2.24 bits per heavy atom. The molecule has 1 fully saturated rings. The zero-order valence-corrected chi connectivity index (χ0v) is 14.7. The molecule has 0 saturated carbocycles. The molecule has 0 amide bonds. The molecule has 0 spiro atoms. The number of piperidine rings is 1. The minimum absolute atomic E-state index is 0.122. The number of nitrogens with zero attached hydrogens (tertiary/aromatic N) is 1. The molecule has 1 rings (SSSR count). The smallest absolute Gasteiger partial charge is 0.0900 e. The third-order valence-electron chi connectivity index (χ3n) is 4.63. The predicted octanol–water partition coefficient (Wildman–Crippen LogP) is 3.21. The average molecular weight is 295 g/mol. The van der Waals surface area contributed by atoms with E-state index in [9.17, 15) is 5.11 Å². The Morgan fingerprint density at radius 2 is 1.76 bits per heavy atom. The van der Waals surface area contributed by atoms with Gasteiger partial charge in [-0.05, 0) is 60.8 Å². The van der Waals surface area contributed by atoms with E-state index in [1.807, 2.05) is 13.8 Å². The van der Waals surface area contributed by atoms with Crippen LogP contribution in [0.25, 0.3) is 0 Å². The second-order valence-corrected chi connectivity index (χ2v) is 8.19. The van der Waals surface area contributed by atoms with E-state index in [2.05, 4.69) is 38.5 Å². The van der Waals surface area contributed by atoms with E-state index in [-0.39, 0.29) is 16.7 Å². The van der Waals surface area contributed by atoms with Gasteiger partial charge in [0.15, 0.2) is 0 Å². The molecule has 0 bridgehead atoms. The molecule has 0 unspecified atom stereocenters. The highest BCUT2D eigenvalue weighted by Crippen LogP contribution is 2.38. The van der Waals surface area contributed by atoms with Crippen LogP contribution in [-0.2, 0) is 4.74 Å². The van der Waals surface area contributed by atoms with Crippen molar-refractivity contribution in [3.8, 4) is 12.3 Å². The molecule has 1 N–H and O–H groups in total. The van der Waals surface area contributed by atoms with Crippen LogP contribution in [0, 0.1) is 12.3 Å². The second-order valence-electron chi connectivity index (χ2n) is 8.19. The summed E-state index contributed by atoms with van der Waals surface area (Å²) < 4.78 is 5.79. The molecule has 3 nitrogen and oxygen atoms in total. The fourth-order valence-corrected chi connectivity index (χ4v) is 3.42. The van der Waals surface area contributed by atoms with Crippen LogP contribution in [0.4, 0.5) is 0 Å². The Bertz CT molecular complexity index is 363. The van der Waals surface area contributed by atoms with Crippen LogP contribution in [0.5, 0.6) is 0 Å². The van der Waals surface area contributed by atoms with Crippen molar-refractivity contribution in [3.05, 3.63) is 0 Å². The summed E-state index contributed by atoms with van der Waals surface area (Å²) in [4.78, 5) is 2.44. The molecule has 21 heavy (non-hydrogen) atoms. The van der Waals surface area contributed by atoms with Crippen molar-refractivity contribution in [3.63, 3.8) is 0 Å². The first-order valence-corrected chi connectivity index (χ1v) is 8.03. The molecule has 1 aliphatic heterocycles. The fraction of sp³-hybridized carbons (Fsp3) is 0.889. The van der Waals surface area contributed by atoms with Crippen LogP contribution in [-0.4, -0.2) is 45.9 Å². The van der Waals surface area contributed by atoms with Crippen LogP contribution in [0.15, 0.2) is 0 Å². The third kappa shape index (κ3) is 5.29. The van der Waals surface area contributed by atoms with Gasteiger partial charge in [0, 0.05) is 24.0 Å². The normalized spacial score (nSPS) is 23.5. The Morgan fingerprint density at radius 1 is 1.24 bits per heavy atom. The van der Waals surface area contributed by atoms with E-state index in [4.69, 9.17) is 11.2 Å². The van der Waals surface area contributed by atoms with Gasteiger partial charge in [0.1, 0.15) is 0 Å². The molecule has 1 atom stereocenters. The first kappa shape index (κ1) is 18.5. The summed E-state index contributed by atoms with van der Waals surface area (Å²) in [5.74, 6) is 2.62. The number of terminal acetylenes is 1. The number of β-amino-alcohol motifs (C(OH)–C–C–N with tert-alkyl or cyclic N) is 1. The highest BCUT2D eigenvalue weighted by atomic mass is 16.5. The SMILES string of the molecule is C#CCC(C)(C)OC[C@H](O)CN1C(C)(C)CCCC1(C)C. The van der Waals surface area contributed by atoms with Crippen molar-refractivity contribution in [2.24, 2.45) is 0 Å². The summed E-state index contributed by atoms with van der Waals surface area (Å²) in [5.41, 5.74) is -0.128. The van der Waals surface area contributed by atoms with E-state index < -0.39 is 6.10 Å². The number of hydrogen-bond acceptors (Lipinski definition) is 3. The Kier molecular flexibility index (Phi) is 5.89. The van der Waals surface area contributed by atoms with Crippen LogP contribution in [0.2, 0.25) is 0 Å². The minimum Gasteiger partial charge on any atom is -0.389 e. The highest BCUT2D eigenvalue weighted by Gasteiger charge is 2.41. The molecule has 3 heteroatoms. The zero-order valence-electron chi connectivity index (χ0n) is 14.7. The lowest BCUT2D eigenvalue weighted by Crippen LogP contribution is -2.60. The van der Waals surface area contributed by atoms with Crippen LogP contribution in [0.3, 0.4) is 0 Å². The third-order valence-corrected chi connectivity index (χ3v) is 4.63. The van der Waals surface area contributed by atoms with E-state index in [1.165, 1.54) is 19.3 Å². The lowest BCUT2D eigenvalue weighted by Gasteiger charge is -2.53. The number of aliphatic hydroxyl groups excluding tert-OH is 1. The first-order valence-electron chi connectivity index (χ1n) is 8.03. The van der Waals surface area contributed by atoms with Gasteiger partial charge in [0.2, 0.25) is 0 Å². The molecule has 1 saturated heterocycles. The Hall–Kier alpha value is -0.560. The summed E-state index contributed by atoms with van der Waals surface area (Å²) in [5, 5.41) is 10.4. The van der Waals surface area contributed by atoms with Crippen molar-refractivity contribution >= 4 is 0 Å². The first-order chi connectivity index (χ1) is 9.50. The number of likely N-dealkylation sites (tertiary alicyclic amines) is 1. The Balaban J connectivity index is 2.60. The molecule has 0 aromatic heterocycles. The lowest BCUT2D eigenvalue weighted by atomic mass is 9.79. The average Bonchev–Trinajstić information content (AvgIpc) is 2.31.